The average molecular weight is 311 g/mol. The molecule has 0 spiro atoms. The number of carbonyl (C=O) groups excluding carboxylic acids is 1. The monoisotopic (exact) mass is 311 g/mol. The van der Waals surface area contributed by atoms with Gasteiger partial charge in [-0.15, -0.1) is 0 Å². The van der Waals surface area contributed by atoms with Gasteiger partial charge in [0.15, 0.2) is 0 Å². The van der Waals surface area contributed by atoms with Crippen LogP contribution in [0.5, 0.6) is 0 Å². The Kier molecular flexibility index (Phi) is 4.97. The largest absolute Gasteiger partial charge is 0.355 e. The fraction of sp³-hybridized carbons (Fsp3) is 0.500. The average Bonchev–Trinajstić information content (AvgIpc) is 2.96. The summed E-state index contributed by atoms with van der Waals surface area (Å²) in [6, 6.07) is 6.06. The third-order valence-electron chi connectivity index (χ3n) is 3.71. The van der Waals surface area contributed by atoms with Crippen molar-refractivity contribution < 1.29 is 13.2 Å². The van der Waals surface area contributed by atoms with Gasteiger partial charge in [0.2, 0.25) is 10.0 Å². The molecule has 0 aliphatic carbocycles. The van der Waals surface area contributed by atoms with Crippen LogP contribution in [0.1, 0.15) is 23.2 Å². The lowest BCUT2D eigenvalue weighted by Crippen LogP contribution is -2.40. The molecule has 1 atom stereocenters. The Bertz CT molecular complexity index is 598. The van der Waals surface area contributed by atoms with Gasteiger partial charge in [-0.3, -0.25) is 4.79 Å². The number of amides is 1. The van der Waals surface area contributed by atoms with E-state index in [9.17, 15) is 13.2 Å². The Hall–Kier alpha value is -1.44. The molecule has 0 saturated carbocycles. The number of sulfonamides is 1. The first-order chi connectivity index (χ1) is 10.0. The van der Waals surface area contributed by atoms with E-state index in [4.69, 9.17) is 0 Å². The van der Waals surface area contributed by atoms with Crippen molar-refractivity contribution in [2.24, 2.45) is 0 Å². The van der Waals surface area contributed by atoms with Crippen LogP contribution in [0.25, 0.3) is 0 Å². The SMILES string of the molecule is CNCC1CCCN1S(=O)(=O)c1ccc(C(=O)NC)cc1. The minimum absolute atomic E-state index is 0.00128. The summed E-state index contributed by atoms with van der Waals surface area (Å²) in [5, 5.41) is 5.55. The molecule has 0 aromatic heterocycles. The molecule has 1 aromatic rings. The summed E-state index contributed by atoms with van der Waals surface area (Å²) in [7, 11) is -0.136. The van der Waals surface area contributed by atoms with Crippen LogP contribution >= 0.6 is 0 Å². The van der Waals surface area contributed by atoms with Crippen LogP contribution in [0.15, 0.2) is 29.2 Å². The van der Waals surface area contributed by atoms with Crippen molar-refractivity contribution in [2.45, 2.75) is 23.8 Å². The Labute approximate surface area is 125 Å². The van der Waals surface area contributed by atoms with Crippen LogP contribution in [-0.4, -0.2) is 51.9 Å². The molecule has 2 rings (SSSR count). The molecule has 21 heavy (non-hydrogen) atoms. The Morgan fingerprint density at radius 3 is 2.52 bits per heavy atom. The summed E-state index contributed by atoms with van der Waals surface area (Å²) in [6.45, 7) is 1.20. The van der Waals surface area contributed by atoms with Crippen LogP contribution in [0, 0.1) is 0 Å². The highest BCUT2D eigenvalue weighted by Crippen LogP contribution is 2.25. The van der Waals surface area contributed by atoms with E-state index in [-0.39, 0.29) is 16.8 Å². The van der Waals surface area contributed by atoms with Gasteiger partial charge in [-0.25, -0.2) is 8.42 Å². The maximum atomic E-state index is 12.7. The van der Waals surface area contributed by atoms with Crippen molar-refractivity contribution in [1.29, 1.82) is 0 Å². The van der Waals surface area contributed by atoms with Gasteiger partial charge < -0.3 is 10.6 Å². The summed E-state index contributed by atoms with van der Waals surface area (Å²) in [5.41, 5.74) is 0.449. The summed E-state index contributed by atoms with van der Waals surface area (Å²) in [6.07, 6.45) is 1.75. The van der Waals surface area contributed by atoms with E-state index >= 15 is 0 Å². The van der Waals surface area contributed by atoms with Crippen LogP contribution in [0.4, 0.5) is 0 Å². The van der Waals surface area contributed by atoms with E-state index < -0.39 is 10.0 Å². The summed E-state index contributed by atoms with van der Waals surface area (Å²) in [5.74, 6) is -0.229. The first-order valence-electron chi connectivity index (χ1n) is 6.99. The maximum Gasteiger partial charge on any atom is 0.251 e. The smallest absolute Gasteiger partial charge is 0.251 e. The lowest BCUT2D eigenvalue weighted by Gasteiger charge is -2.23. The summed E-state index contributed by atoms with van der Waals surface area (Å²) in [4.78, 5) is 11.7. The van der Waals surface area contributed by atoms with Crippen LogP contribution in [-0.2, 0) is 10.0 Å². The highest BCUT2D eigenvalue weighted by molar-refractivity contribution is 7.89. The number of nitrogens with one attached hydrogen (secondary N) is 2. The van der Waals surface area contributed by atoms with Crippen molar-refractivity contribution in [2.75, 3.05) is 27.2 Å². The molecule has 1 unspecified atom stereocenters. The predicted octanol–water partition coefficient (Wildman–Crippen LogP) is 0.419. The molecule has 116 valence electrons. The zero-order valence-corrected chi connectivity index (χ0v) is 13.1. The third kappa shape index (κ3) is 3.25. The molecule has 1 aromatic carbocycles. The van der Waals surface area contributed by atoms with Crippen LogP contribution in [0.2, 0.25) is 0 Å². The van der Waals surface area contributed by atoms with E-state index in [1.54, 1.807) is 11.4 Å². The van der Waals surface area contributed by atoms with Gasteiger partial charge in [0, 0.05) is 31.7 Å². The number of rotatable bonds is 5. The topological polar surface area (TPSA) is 78.5 Å². The zero-order valence-electron chi connectivity index (χ0n) is 12.3. The Morgan fingerprint density at radius 1 is 1.29 bits per heavy atom. The molecule has 1 aliphatic rings. The normalized spacial score (nSPS) is 19.6. The molecular formula is C14H21N3O3S. The van der Waals surface area contributed by atoms with E-state index in [0.717, 1.165) is 12.8 Å². The van der Waals surface area contributed by atoms with Crippen molar-refractivity contribution in [3.05, 3.63) is 29.8 Å². The minimum atomic E-state index is -3.50. The Balaban J connectivity index is 2.25. The van der Waals surface area contributed by atoms with Gasteiger partial charge in [-0.1, -0.05) is 0 Å². The third-order valence-corrected chi connectivity index (χ3v) is 5.68. The number of nitrogens with zero attached hydrogens (tertiary/aromatic N) is 1. The van der Waals surface area contributed by atoms with E-state index in [0.29, 0.717) is 18.7 Å². The number of carbonyl (C=O) groups is 1. The first-order valence-corrected chi connectivity index (χ1v) is 8.43. The van der Waals surface area contributed by atoms with Crippen molar-refractivity contribution in [3.63, 3.8) is 0 Å². The van der Waals surface area contributed by atoms with Gasteiger partial charge in [0.1, 0.15) is 0 Å². The predicted molar refractivity (Wildman–Crippen MR) is 80.7 cm³/mol. The van der Waals surface area contributed by atoms with E-state index in [2.05, 4.69) is 10.6 Å². The molecule has 1 amide bonds. The molecule has 7 heteroatoms. The van der Waals surface area contributed by atoms with Crippen LogP contribution in [0.3, 0.4) is 0 Å². The molecule has 0 bridgehead atoms. The fourth-order valence-electron chi connectivity index (χ4n) is 2.62. The second kappa shape index (κ2) is 6.55. The van der Waals surface area contributed by atoms with E-state index in [1.165, 1.54) is 24.3 Å². The highest BCUT2D eigenvalue weighted by atomic mass is 32.2. The van der Waals surface area contributed by atoms with Crippen molar-refractivity contribution in [1.82, 2.24) is 14.9 Å². The quantitative estimate of drug-likeness (QED) is 0.826. The molecule has 6 nitrogen and oxygen atoms in total. The first kappa shape index (κ1) is 15.9. The Morgan fingerprint density at radius 2 is 1.95 bits per heavy atom. The number of benzene rings is 1. The van der Waals surface area contributed by atoms with Gasteiger partial charge >= 0.3 is 0 Å². The standard InChI is InChI=1S/C14H21N3O3S/c1-15-10-12-4-3-9-17(12)21(19,20)13-7-5-11(6-8-13)14(18)16-2/h5-8,12,15H,3-4,9-10H2,1-2H3,(H,16,18). The highest BCUT2D eigenvalue weighted by Gasteiger charge is 2.34. The summed E-state index contributed by atoms with van der Waals surface area (Å²) < 4.78 is 26.9. The number of hydrogen-bond donors (Lipinski definition) is 2. The second-order valence-electron chi connectivity index (χ2n) is 5.07. The maximum absolute atomic E-state index is 12.7. The number of likely N-dealkylation sites (N-methyl/N-ethyl adjacent to an activating group) is 1. The van der Waals surface area contributed by atoms with Gasteiger partial charge in [0.25, 0.3) is 5.91 Å². The summed E-state index contributed by atoms with van der Waals surface area (Å²) >= 11 is 0. The molecular weight excluding hydrogens is 290 g/mol. The fourth-order valence-corrected chi connectivity index (χ4v) is 4.32. The van der Waals surface area contributed by atoms with Gasteiger partial charge in [0.05, 0.1) is 4.90 Å². The number of hydrogen-bond acceptors (Lipinski definition) is 4. The van der Waals surface area contributed by atoms with Crippen molar-refractivity contribution >= 4 is 15.9 Å². The molecule has 1 saturated heterocycles. The molecule has 0 radical (unpaired) electrons. The molecule has 1 aliphatic heterocycles. The minimum Gasteiger partial charge on any atom is -0.355 e. The molecule has 1 fully saturated rings. The lowest BCUT2D eigenvalue weighted by molar-refractivity contribution is 0.0963. The molecule has 1 heterocycles. The van der Waals surface area contributed by atoms with Gasteiger partial charge in [-0.05, 0) is 44.2 Å². The van der Waals surface area contributed by atoms with Gasteiger partial charge in [-0.2, -0.15) is 4.31 Å². The zero-order chi connectivity index (χ0) is 15.5. The second-order valence-corrected chi connectivity index (χ2v) is 6.96. The van der Waals surface area contributed by atoms with E-state index in [1.807, 2.05) is 7.05 Å². The molecule has 2 N–H and O–H groups in total. The van der Waals surface area contributed by atoms with Crippen molar-refractivity contribution in [3.8, 4) is 0 Å². The van der Waals surface area contributed by atoms with Crippen LogP contribution < -0.4 is 10.6 Å². The lowest BCUT2D eigenvalue weighted by atomic mass is 10.2.